The summed E-state index contributed by atoms with van der Waals surface area (Å²) in [4.78, 5) is 23.4. The highest BCUT2D eigenvalue weighted by Crippen LogP contribution is 2.18. The van der Waals surface area contributed by atoms with Crippen molar-refractivity contribution >= 4 is 17.0 Å². The van der Waals surface area contributed by atoms with Crippen molar-refractivity contribution < 1.29 is 14.2 Å². The van der Waals surface area contributed by atoms with E-state index in [4.69, 9.17) is 19.9 Å². The molecule has 0 radical (unpaired) electrons. The zero-order valence-corrected chi connectivity index (χ0v) is 15.2. The lowest BCUT2D eigenvalue weighted by molar-refractivity contribution is 0.0864. The number of ether oxygens (including phenoxy) is 3. The summed E-state index contributed by atoms with van der Waals surface area (Å²) in [7, 11) is 0. The predicted molar refractivity (Wildman–Crippen MR) is 97.3 cm³/mol. The van der Waals surface area contributed by atoms with Gasteiger partial charge >= 0.3 is 11.7 Å². The number of hydrogen-bond acceptors (Lipinski definition) is 7. The van der Waals surface area contributed by atoms with E-state index in [-0.39, 0.29) is 17.5 Å². The van der Waals surface area contributed by atoms with Gasteiger partial charge in [0.05, 0.1) is 19.8 Å². The van der Waals surface area contributed by atoms with Crippen LogP contribution in [0.2, 0.25) is 0 Å². The molecule has 1 fully saturated rings. The van der Waals surface area contributed by atoms with Crippen molar-refractivity contribution in [3.63, 3.8) is 0 Å². The number of nitrogen functional groups attached to an aromatic ring is 1. The van der Waals surface area contributed by atoms with Gasteiger partial charge in [0.2, 0.25) is 0 Å². The number of unbranched alkanes of at least 4 members (excludes halogenated alkanes) is 1. The molecule has 1 saturated heterocycles. The number of hydrogen-bond donors (Lipinski definition) is 2. The maximum Gasteiger partial charge on any atom is 0.327 e. The van der Waals surface area contributed by atoms with Crippen LogP contribution in [-0.4, -0.2) is 52.6 Å². The Balaban J connectivity index is 1.61. The van der Waals surface area contributed by atoms with Gasteiger partial charge in [0.15, 0.2) is 11.5 Å². The third kappa shape index (κ3) is 4.53. The lowest BCUT2D eigenvalue weighted by Gasteiger charge is -2.09. The van der Waals surface area contributed by atoms with Gasteiger partial charge < -0.3 is 24.9 Å². The number of imidazole rings is 1. The molecule has 9 nitrogen and oxygen atoms in total. The zero-order valence-electron chi connectivity index (χ0n) is 15.2. The Morgan fingerprint density at radius 1 is 1.35 bits per heavy atom. The summed E-state index contributed by atoms with van der Waals surface area (Å²) < 4.78 is 18.1. The molecule has 0 amide bonds. The van der Waals surface area contributed by atoms with Crippen LogP contribution < -0.4 is 16.2 Å². The van der Waals surface area contributed by atoms with Crippen molar-refractivity contribution in [1.29, 1.82) is 0 Å². The SMILES string of the molecule is CCCCOc1nc(N)c2[nH]c(=O)n(CCCOCC3CCOC3)c2n1. The van der Waals surface area contributed by atoms with Crippen LogP contribution in [0.15, 0.2) is 4.79 Å². The monoisotopic (exact) mass is 365 g/mol. The average molecular weight is 365 g/mol. The number of aromatic nitrogens is 4. The summed E-state index contributed by atoms with van der Waals surface area (Å²) in [5, 5.41) is 0. The predicted octanol–water partition coefficient (Wildman–Crippen LogP) is 1.32. The molecule has 0 saturated carbocycles. The van der Waals surface area contributed by atoms with E-state index >= 15 is 0 Å². The standard InChI is InChI=1S/C17H27N5O4/c1-2-3-8-26-16-20-14(18)13-15(21-16)22(17(23)19-13)6-4-7-24-10-12-5-9-25-11-12/h12H,2-11H2,1H3,(H,19,23)(H2,18,20,21). The summed E-state index contributed by atoms with van der Waals surface area (Å²) in [6, 6.07) is 0.202. The Bertz CT molecular complexity index is 766. The number of nitrogens with zero attached hydrogens (tertiary/aromatic N) is 3. The Morgan fingerprint density at radius 3 is 3.00 bits per heavy atom. The first-order valence-corrected chi connectivity index (χ1v) is 9.23. The molecule has 2 aromatic rings. The largest absolute Gasteiger partial charge is 0.463 e. The van der Waals surface area contributed by atoms with Crippen LogP contribution in [0.5, 0.6) is 6.01 Å². The number of H-pyrrole nitrogens is 1. The second-order valence-corrected chi connectivity index (χ2v) is 6.53. The van der Waals surface area contributed by atoms with Crippen molar-refractivity contribution in [2.75, 3.05) is 38.8 Å². The molecule has 2 aromatic heterocycles. The van der Waals surface area contributed by atoms with Crippen LogP contribution in [0.3, 0.4) is 0 Å². The normalized spacial score (nSPS) is 17.2. The maximum absolute atomic E-state index is 12.2. The Morgan fingerprint density at radius 2 is 2.23 bits per heavy atom. The third-order valence-electron chi connectivity index (χ3n) is 4.41. The number of anilines is 1. The molecule has 0 spiro atoms. The minimum Gasteiger partial charge on any atom is -0.463 e. The molecule has 3 heterocycles. The van der Waals surface area contributed by atoms with E-state index in [9.17, 15) is 4.79 Å². The van der Waals surface area contributed by atoms with Crippen LogP contribution >= 0.6 is 0 Å². The molecule has 26 heavy (non-hydrogen) atoms. The minimum absolute atomic E-state index is 0.202. The van der Waals surface area contributed by atoms with E-state index < -0.39 is 0 Å². The summed E-state index contributed by atoms with van der Waals surface area (Å²) in [6.45, 7) is 5.97. The molecule has 1 atom stereocenters. The second kappa shape index (κ2) is 9.00. The van der Waals surface area contributed by atoms with Crippen LogP contribution in [0.25, 0.3) is 11.2 Å². The van der Waals surface area contributed by atoms with Gasteiger partial charge in [0.25, 0.3) is 0 Å². The average Bonchev–Trinajstić information content (AvgIpc) is 3.24. The highest BCUT2D eigenvalue weighted by Gasteiger charge is 2.16. The summed E-state index contributed by atoms with van der Waals surface area (Å²) in [5.74, 6) is 0.705. The number of nitrogens with one attached hydrogen (secondary N) is 1. The van der Waals surface area contributed by atoms with Gasteiger partial charge in [-0.2, -0.15) is 9.97 Å². The lowest BCUT2D eigenvalue weighted by atomic mass is 10.1. The Labute approximate surface area is 151 Å². The number of nitrogens with two attached hydrogens (primary N) is 1. The van der Waals surface area contributed by atoms with Gasteiger partial charge in [-0.15, -0.1) is 0 Å². The van der Waals surface area contributed by atoms with Crippen LogP contribution in [0, 0.1) is 5.92 Å². The highest BCUT2D eigenvalue weighted by molar-refractivity contribution is 5.81. The molecule has 1 aliphatic rings. The first-order chi connectivity index (χ1) is 12.7. The third-order valence-corrected chi connectivity index (χ3v) is 4.41. The fraction of sp³-hybridized carbons (Fsp3) is 0.706. The topological polar surface area (TPSA) is 117 Å². The van der Waals surface area contributed by atoms with E-state index in [1.165, 1.54) is 0 Å². The zero-order chi connectivity index (χ0) is 18.4. The molecule has 144 valence electrons. The minimum atomic E-state index is -0.254. The van der Waals surface area contributed by atoms with E-state index in [0.29, 0.717) is 49.9 Å². The van der Waals surface area contributed by atoms with Crippen molar-refractivity contribution in [2.24, 2.45) is 5.92 Å². The van der Waals surface area contributed by atoms with Crippen molar-refractivity contribution in [3.8, 4) is 6.01 Å². The smallest absolute Gasteiger partial charge is 0.327 e. The molecule has 9 heteroatoms. The molecule has 0 bridgehead atoms. The molecule has 3 N–H and O–H groups in total. The van der Waals surface area contributed by atoms with E-state index in [1.54, 1.807) is 4.57 Å². The fourth-order valence-corrected chi connectivity index (χ4v) is 2.90. The van der Waals surface area contributed by atoms with Gasteiger partial charge in [0.1, 0.15) is 5.52 Å². The van der Waals surface area contributed by atoms with Crippen molar-refractivity contribution in [3.05, 3.63) is 10.5 Å². The van der Waals surface area contributed by atoms with Crippen molar-refractivity contribution in [2.45, 2.75) is 39.2 Å². The molecular formula is C17H27N5O4. The van der Waals surface area contributed by atoms with Crippen LogP contribution in [0.4, 0.5) is 5.82 Å². The Hall–Kier alpha value is -2.13. The Kier molecular flexibility index (Phi) is 6.45. The summed E-state index contributed by atoms with van der Waals surface area (Å²) >= 11 is 0. The second-order valence-electron chi connectivity index (χ2n) is 6.53. The summed E-state index contributed by atoms with van der Waals surface area (Å²) in [6.07, 6.45) is 3.68. The van der Waals surface area contributed by atoms with Gasteiger partial charge in [-0.1, -0.05) is 13.3 Å². The molecule has 1 unspecified atom stereocenters. The van der Waals surface area contributed by atoms with Gasteiger partial charge in [0, 0.05) is 25.7 Å². The molecule has 3 rings (SSSR count). The van der Waals surface area contributed by atoms with E-state index in [0.717, 1.165) is 32.5 Å². The van der Waals surface area contributed by atoms with E-state index in [2.05, 4.69) is 21.9 Å². The number of rotatable bonds is 10. The number of aromatic amines is 1. The maximum atomic E-state index is 12.2. The number of fused-ring (bicyclic) bond motifs is 1. The van der Waals surface area contributed by atoms with Crippen LogP contribution in [-0.2, 0) is 16.0 Å². The van der Waals surface area contributed by atoms with Gasteiger partial charge in [-0.25, -0.2) is 4.79 Å². The van der Waals surface area contributed by atoms with Gasteiger partial charge in [-0.05, 0) is 19.3 Å². The molecule has 0 aromatic carbocycles. The first-order valence-electron chi connectivity index (χ1n) is 9.23. The fourth-order valence-electron chi connectivity index (χ4n) is 2.90. The molecule has 0 aliphatic carbocycles. The first kappa shape index (κ1) is 18.7. The lowest BCUT2D eigenvalue weighted by Crippen LogP contribution is -2.19. The summed E-state index contributed by atoms with van der Waals surface area (Å²) in [5.41, 5.74) is 6.60. The van der Waals surface area contributed by atoms with Crippen LogP contribution in [0.1, 0.15) is 32.6 Å². The highest BCUT2D eigenvalue weighted by atomic mass is 16.5. The van der Waals surface area contributed by atoms with Gasteiger partial charge in [-0.3, -0.25) is 4.57 Å². The van der Waals surface area contributed by atoms with Crippen molar-refractivity contribution in [1.82, 2.24) is 19.5 Å². The van der Waals surface area contributed by atoms with E-state index in [1.807, 2.05) is 0 Å². The number of aryl methyl sites for hydroxylation is 1. The molecule has 1 aliphatic heterocycles. The molecular weight excluding hydrogens is 338 g/mol. The quantitative estimate of drug-likeness (QED) is 0.610.